The Morgan fingerprint density at radius 1 is 1.00 bits per heavy atom. The number of nitrogens with one attached hydrogen (secondary N) is 2. The highest BCUT2D eigenvalue weighted by molar-refractivity contribution is 5.84. The van der Waals surface area contributed by atoms with Crippen molar-refractivity contribution in [3.05, 3.63) is 77.6 Å². The molecule has 0 saturated carbocycles. The Labute approximate surface area is 194 Å². The van der Waals surface area contributed by atoms with Crippen LogP contribution in [0.1, 0.15) is 42.7 Å². The van der Waals surface area contributed by atoms with E-state index >= 15 is 0 Å². The van der Waals surface area contributed by atoms with Crippen molar-refractivity contribution < 1.29 is 18.3 Å². The van der Waals surface area contributed by atoms with Crippen molar-refractivity contribution in [2.75, 3.05) is 17.2 Å². The standard InChI is InChI=1S/C24H25F3N6O/c1-15(2)33-14-30-20-21(28-12-16-7-6-10-18(11-16)24(25,26)27)31-23(32-22(20)33)29-13-19(34)17-8-4-3-5-9-17/h3-11,14-15,19,34H,12-13H2,1-2H3,(H2,28,29,31,32). The molecule has 1 unspecified atom stereocenters. The van der Waals surface area contributed by atoms with Gasteiger partial charge in [-0.05, 0) is 37.1 Å². The van der Waals surface area contributed by atoms with E-state index in [1.54, 1.807) is 12.4 Å². The number of benzene rings is 2. The summed E-state index contributed by atoms with van der Waals surface area (Å²) in [6.07, 6.45) is -3.52. The number of hydrogen-bond acceptors (Lipinski definition) is 6. The fourth-order valence-corrected chi connectivity index (χ4v) is 3.52. The third-order valence-electron chi connectivity index (χ3n) is 5.33. The number of aromatic nitrogens is 4. The topological polar surface area (TPSA) is 87.9 Å². The summed E-state index contributed by atoms with van der Waals surface area (Å²) in [5, 5.41) is 16.6. The van der Waals surface area contributed by atoms with Crippen LogP contribution >= 0.6 is 0 Å². The van der Waals surface area contributed by atoms with E-state index in [-0.39, 0.29) is 25.1 Å². The molecule has 3 N–H and O–H groups in total. The molecule has 2 aromatic heterocycles. The van der Waals surface area contributed by atoms with Gasteiger partial charge >= 0.3 is 6.18 Å². The molecule has 0 aliphatic heterocycles. The van der Waals surface area contributed by atoms with E-state index in [0.29, 0.717) is 22.5 Å². The Bertz CT molecular complexity index is 1260. The van der Waals surface area contributed by atoms with E-state index in [9.17, 15) is 18.3 Å². The largest absolute Gasteiger partial charge is 0.416 e. The van der Waals surface area contributed by atoms with Crippen molar-refractivity contribution in [2.45, 2.75) is 38.7 Å². The van der Waals surface area contributed by atoms with Gasteiger partial charge in [0.2, 0.25) is 5.95 Å². The molecule has 34 heavy (non-hydrogen) atoms. The summed E-state index contributed by atoms with van der Waals surface area (Å²) in [5.74, 6) is 0.662. The second-order valence-corrected chi connectivity index (χ2v) is 8.17. The Morgan fingerprint density at radius 2 is 1.76 bits per heavy atom. The van der Waals surface area contributed by atoms with Gasteiger partial charge < -0.3 is 20.3 Å². The minimum Gasteiger partial charge on any atom is -0.387 e. The van der Waals surface area contributed by atoms with Gasteiger partial charge in [-0.25, -0.2) is 4.98 Å². The normalized spacial score (nSPS) is 12.8. The molecule has 4 aromatic rings. The molecule has 0 bridgehead atoms. The van der Waals surface area contributed by atoms with Crippen LogP contribution in [0.25, 0.3) is 11.2 Å². The lowest BCUT2D eigenvalue weighted by Crippen LogP contribution is -2.15. The quantitative estimate of drug-likeness (QED) is 0.329. The zero-order valence-electron chi connectivity index (χ0n) is 18.7. The SMILES string of the molecule is CC(C)n1cnc2c(NCc3cccc(C(F)(F)F)c3)nc(NCC(O)c3ccccc3)nc21. The van der Waals surface area contributed by atoms with Gasteiger partial charge in [0.05, 0.1) is 18.0 Å². The molecular weight excluding hydrogens is 445 g/mol. The second kappa shape index (κ2) is 9.68. The molecule has 0 fully saturated rings. The molecule has 0 spiro atoms. The van der Waals surface area contributed by atoms with Gasteiger partial charge in [0.15, 0.2) is 17.0 Å². The van der Waals surface area contributed by atoms with Crippen LogP contribution in [0.15, 0.2) is 60.9 Å². The van der Waals surface area contributed by atoms with Crippen molar-refractivity contribution in [3.63, 3.8) is 0 Å². The van der Waals surface area contributed by atoms with Gasteiger partial charge in [-0.2, -0.15) is 23.1 Å². The highest BCUT2D eigenvalue weighted by atomic mass is 19.4. The van der Waals surface area contributed by atoms with Crippen LogP contribution in [-0.4, -0.2) is 31.2 Å². The first-order valence-corrected chi connectivity index (χ1v) is 10.8. The first-order valence-electron chi connectivity index (χ1n) is 10.8. The van der Waals surface area contributed by atoms with E-state index in [0.717, 1.165) is 17.7 Å². The number of nitrogens with zero attached hydrogens (tertiary/aromatic N) is 4. The van der Waals surface area contributed by atoms with Gasteiger partial charge in [-0.1, -0.05) is 42.5 Å². The van der Waals surface area contributed by atoms with Gasteiger partial charge in [0, 0.05) is 19.1 Å². The monoisotopic (exact) mass is 470 g/mol. The number of anilines is 2. The van der Waals surface area contributed by atoms with Crippen molar-refractivity contribution >= 4 is 22.9 Å². The maximum absolute atomic E-state index is 13.1. The fraction of sp³-hybridized carbons (Fsp3) is 0.292. The van der Waals surface area contributed by atoms with Crippen LogP contribution in [0, 0.1) is 0 Å². The Balaban J connectivity index is 1.59. The van der Waals surface area contributed by atoms with Gasteiger partial charge in [0.25, 0.3) is 0 Å². The van der Waals surface area contributed by atoms with Gasteiger partial charge in [0.1, 0.15) is 0 Å². The fourth-order valence-electron chi connectivity index (χ4n) is 3.52. The lowest BCUT2D eigenvalue weighted by atomic mass is 10.1. The van der Waals surface area contributed by atoms with Crippen LogP contribution in [0.3, 0.4) is 0 Å². The number of alkyl halides is 3. The minimum atomic E-state index is -4.41. The average Bonchev–Trinajstić information content (AvgIpc) is 3.26. The summed E-state index contributed by atoms with van der Waals surface area (Å²) in [6.45, 7) is 4.28. The highest BCUT2D eigenvalue weighted by Crippen LogP contribution is 2.30. The molecule has 2 heterocycles. The highest BCUT2D eigenvalue weighted by Gasteiger charge is 2.30. The second-order valence-electron chi connectivity index (χ2n) is 8.17. The lowest BCUT2D eigenvalue weighted by molar-refractivity contribution is -0.137. The Morgan fingerprint density at radius 3 is 2.47 bits per heavy atom. The maximum Gasteiger partial charge on any atom is 0.416 e. The Hall–Kier alpha value is -3.66. The first kappa shape index (κ1) is 23.5. The molecule has 1 atom stereocenters. The number of rotatable bonds is 8. The van der Waals surface area contributed by atoms with E-state index in [4.69, 9.17) is 0 Å². The van der Waals surface area contributed by atoms with Crippen molar-refractivity contribution in [1.29, 1.82) is 0 Å². The molecule has 7 nitrogen and oxygen atoms in total. The molecule has 0 radical (unpaired) electrons. The van der Waals surface area contributed by atoms with Gasteiger partial charge in [-0.3, -0.25) is 0 Å². The predicted molar refractivity (Wildman–Crippen MR) is 124 cm³/mol. The van der Waals surface area contributed by atoms with E-state index in [1.165, 1.54) is 6.07 Å². The molecule has 0 saturated heterocycles. The zero-order valence-corrected chi connectivity index (χ0v) is 18.7. The number of hydrogen-bond donors (Lipinski definition) is 3. The summed E-state index contributed by atoms with van der Waals surface area (Å²) in [5.41, 5.74) is 1.59. The van der Waals surface area contributed by atoms with Crippen LogP contribution in [0.4, 0.5) is 24.9 Å². The predicted octanol–water partition coefficient (Wildman–Crippen LogP) is 5.18. The molecule has 0 aliphatic carbocycles. The third-order valence-corrected chi connectivity index (χ3v) is 5.33. The number of halogens is 3. The number of aliphatic hydroxyl groups excluding tert-OH is 1. The summed E-state index contributed by atoms with van der Waals surface area (Å²) < 4.78 is 41.1. The van der Waals surface area contributed by atoms with Crippen LogP contribution < -0.4 is 10.6 Å². The third kappa shape index (κ3) is 5.28. The summed E-state index contributed by atoms with van der Waals surface area (Å²) in [7, 11) is 0. The average molecular weight is 470 g/mol. The van der Waals surface area contributed by atoms with E-state index in [1.807, 2.05) is 48.7 Å². The molecular formula is C24H25F3N6O. The van der Waals surface area contributed by atoms with Crippen molar-refractivity contribution in [3.8, 4) is 0 Å². The van der Waals surface area contributed by atoms with Crippen LogP contribution in [0.5, 0.6) is 0 Å². The molecule has 0 aliphatic rings. The molecule has 10 heteroatoms. The van der Waals surface area contributed by atoms with E-state index in [2.05, 4.69) is 25.6 Å². The lowest BCUT2D eigenvalue weighted by Gasteiger charge is -2.15. The number of aliphatic hydroxyl groups is 1. The van der Waals surface area contributed by atoms with E-state index < -0.39 is 17.8 Å². The number of imidazole rings is 1. The minimum absolute atomic E-state index is 0.0824. The molecule has 4 rings (SSSR count). The zero-order chi connectivity index (χ0) is 24.3. The summed E-state index contributed by atoms with van der Waals surface area (Å²) in [4.78, 5) is 13.5. The summed E-state index contributed by atoms with van der Waals surface area (Å²) in [6, 6.07) is 14.4. The van der Waals surface area contributed by atoms with Crippen molar-refractivity contribution in [1.82, 2.24) is 19.5 Å². The first-order chi connectivity index (χ1) is 16.2. The van der Waals surface area contributed by atoms with Gasteiger partial charge in [-0.15, -0.1) is 0 Å². The summed E-state index contributed by atoms with van der Waals surface area (Å²) >= 11 is 0. The van der Waals surface area contributed by atoms with Crippen LogP contribution in [0.2, 0.25) is 0 Å². The molecule has 0 amide bonds. The molecule has 178 valence electrons. The molecule has 2 aromatic carbocycles. The maximum atomic E-state index is 13.1. The van der Waals surface area contributed by atoms with Crippen LogP contribution in [-0.2, 0) is 12.7 Å². The Kier molecular flexibility index (Phi) is 6.69. The number of fused-ring (bicyclic) bond motifs is 1. The smallest absolute Gasteiger partial charge is 0.387 e. The van der Waals surface area contributed by atoms with Crippen molar-refractivity contribution in [2.24, 2.45) is 0 Å².